The standard InChI is InChI=1S/C15H17BrN4/c16-11-1-2-14-12(9-11)13(10-19-14)15(3-4-17)20-7-5-18-6-8-20/h1-2,9-10,15,18-19H,3,5-8H2/t15-/m0/s1. The molecule has 20 heavy (non-hydrogen) atoms. The third-order valence-corrected chi connectivity index (χ3v) is 4.41. The van der Waals surface area contributed by atoms with Crippen LogP contribution in [0.3, 0.4) is 0 Å². The first kappa shape index (κ1) is 13.6. The molecule has 0 radical (unpaired) electrons. The van der Waals surface area contributed by atoms with Crippen LogP contribution in [0.25, 0.3) is 10.9 Å². The van der Waals surface area contributed by atoms with E-state index in [4.69, 9.17) is 0 Å². The van der Waals surface area contributed by atoms with E-state index in [9.17, 15) is 5.26 Å². The number of rotatable bonds is 3. The van der Waals surface area contributed by atoms with Crippen molar-refractivity contribution in [2.45, 2.75) is 12.5 Å². The highest BCUT2D eigenvalue weighted by Gasteiger charge is 2.24. The summed E-state index contributed by atoms with van der Waals surface area (Å²) < 4.78 is 1.07. The zero-order valence-electron chi connectivity index (χ0n) is 11.2. The maximum absolute atomic E-state index is 9.18. The Bertz CT molecular complexity index is 637. The predicted octanol–water partition coefficient (Wildman–Crippen LogP) is 2.79. The smallest absolute Gasteiger partial charge is 0.0641 e. The first-order chi connectivity index (χ1) is 9.79. The monoisotopic (exact) mass is 332 g/mol. The van der Waals surface area contributed by atoms with Crippen molar-refractivity contribution in [1.29, 1.82) is 5.26 Å². The van der Waals surface area contributed by atoms with Crippen molar-refractivity contribution in [3.63, 3.8) is 0 Å². The molecule has 1 aliphatic rings. The molecule has 1 aliphatic heterocycles. The molecule has 0 bridgehead atoms. The summed E-state index contributed by atoms with van der Waals surface area (Å²) in [7, 11) is 0. The number of piperazine rings is 1. The second-order valence-electron chi connectivity index (χ2n) is 5.10. The maximum Gasteiger partial charge on any atom is 0.0641 e. The van der Waals surface area contributed by atoms with Crippen molar-refractivity contribution in [1.82, 2.24) is 15.2 Å². The number of H-pyrrole nitrogens is 1. The van der Waals surface area contributed by atoms with E-state index in [0.29, 0.717) is 6.42 Å². The van der Waals surface area contributed by atoms with Gasteiger partial charge in [0.15, 0.2) is 0 Å². The highest BCUT2D eigenvalue weighted by Crippen LogP contribution is 2.32. The third-order valence-electron chi connectivity index (χ3n) is 3.91. The van der Waals surface area contributed by atoms with Gasteiger partial charge in [0.2, 0.25) is 0 Å². The Morgan fingerprint density at radius 3 is 2.90 bits per heavy atom. The van der Waals surface area contributed by atoms with Gasteiger partial charge in [-0.25, -0.2) is 0 Å². The molecule has 1 aromatic heterocycles. The van der Waals surface area contributed by atoms with Gasteiger partial charge in [-0.15, -0.1) is 0 Å². The summed E-state index contributed by atoms with van der Waals surface area (Å²) in [4.78, 5) is 5.73. The number of aromatic amines is 1. The first-order valence-corrected chi connectivity index (χ1v) is 7.67. The van der Waals surface area contributed by atoms with E-state index >= 15 is 0 Å². The maximum atomic E-state index is 9.18. The van der Waals surface area contributed by atoms with E-state index in [2.05, 4.69) is 55.5 Å². The van der Waals surface area contributed by atoms with Crippen LogP contribution in [0.15, 0.2) is 28.9 Å². The lowest BCUT2D eigenvalue weighted by molar-refractivity contribution is 0.176. The summed E-state index contributed by atoms with van der Waals surface area (Å²) >= 11 is 3.53. The van der Waals surface area contributed by atoms with Crippen LogP contribution in [0.2, 0.25) is 0 Å². The predicted molar refractivity (Wildman–Crippen MR) is 83.4 cm³/mol. The molecule has 0 amide bonds. The Morgan fingerprint density at radius 1 is 1.35 bits per heavy atom. The number of aromatic nitrogens is 1. The summed E-state index contributed by atoms with van der Waals surface area (Å²) in [5, 5.41) is 13.8. The van der Waals surface area contributed by atoms with Crippen LogP contribution in [-0.2, 0) is 0 Å². The number of hydrogen-bond donors (Lipinski definition) is 2. The van der Waals surface area contributed by atoms with Crippen molar-refractivity contribution >= 4 is 26.8 Å². The van der Waals surface area contributed by atoms with E-state index in [1.165, 1.54) is 10.9 Å². The van der Waals surface area contributed by atoms with Gasteiger partial charge in [-0.1, -0.05) is 15.9 Å². The number of nitrogens with one attached hydrogen (secondary N) is 2. The van der Waals surface area contributed by atoms with Crippen molar-refractivity contribution in [3.8, 4) is 6.07 Å². The van der Waals surface area contributed by atoms with Crippen LogP contribution in [0.1, 0.15) is 18.0 Å². The van der Waals surface area contributed by atoms with Gasteiger partial charge in [0.1, 0.15) is 0 Å². The van der Waals surface area contributed by atoms with Gasteiger partial charge >= 0.3 is 0 Å². The van der Waals surface area contributed by atoms with Crippen molar-refractivity contribution in [2.24, 2.45) is 0 Å². The second kappa shape index (κ2) is 5.96. The second-order valence-corrected chi connectivity index (χ2v) is 6.01. The molecule has 0 aliphatic carbocycles. The number of benzene rings is 1. The molecule has 3 rings (SSSR count). The fourth-order valence-electron chi connectivity index (χ4n) is 2.91. The third kappa shape index (κ3) is 2.59. The minimum atomic E-state index is 0.171. The normalized spacial score (nSPS) is 18.0. The summed E-state index contributed by atoms with van der Waals surface area (Å²) in [5.74, 6) is 0. The SMILES string of the molecule is N#CC[C@@H](c1c[nH]c2ccc(Br)cc12)N1CCNCC1. The first-order valence-electron chi connectivity index (χ1n) is 6.88. The Morgan fingerprint density at radius 2 is 2.15 bits per heavy atom. The Balaban J connectivity index is 2.00. The van der Waals surface area contributed by atoms with E-state index in [1.54, 1.807) is 0 Å². The summed E-state index contributed by atoms with van der Waals surface area (Å²) in [5.41, 5.74) is 2.35. The van der Waals surface area contributed by atoms with Crippen molar-refractivity contribution in [3.05, 3.63) is 34.4 Å². The Labute approximate surface area is 126 Å². The highest BCUT2D eigenvalue weighted by atomic mass is 79.9. The summed E-state index contributed by atoms with van der Waals surface area (Å²) in [6.07, 6.45) is 2.58. The Hall–Kier alpha value is -1.35. The zero-order valence-corrected chi connectivity index (χ0v) is 12.8. The number of nitrogens with zero attached hydrogens (tertiary/aromatic N) is 2. The molecule has 2 heterocycles. The van der Waals surface area contributed by atoms with Gasteiger partial charge in [-0.05, 0) is 23.8 Å². The lowest BCUT2D eigenvalue weighted by Crippen LogP contribution is -2.45. The lowest BCUT2D eigenvalue weighted by atomic mass is 10.0. The number of nitriles is 1. The topological polar surface area (TPSA) is 54.9 Å². The minimum absolute atomic E-state index is 0.171. The number of fused-ring (bicyclic) bond motifs is 1. The van der Waals surface area contributed by atoms with E-state index in [1.807, 2.05) is 6.07 Å². The molecule has 4 nitrogen and oxygen atoms in total. The molecule has 1 fully saturated rings. The molecule has 1 aromatic carbocycles. The van der Waals surface area contributed by atoms with E-state index in [-0.39, 0.29) is 6.04 Å². The largest absolute Gasteiger partial charge is 0.361 e. The summed E-state index contributed by atoms with van der Waals surface area (Å²) in [6, 6.07) is 8.76. The average molecular weight is 333 g/mol. The Kier molecular flexibility index (Phi) is 4.06. The molecule has 104 valence electrons. The fourth-order valence-corrected chi connectivity index (χ4v) is 3.27. The molecule has 5 heteroatoms. The zero-order chi connectivity index (χ0) is 13.9. The van der Waals surface area contributed by atoms with Crippen LogP contribution in [0.5, 0.6) is 0 Å². The molecule has 2 aromatic rings. The van der Waals surface area contributed by atoms with Gasteiger partial charge in [0.25, 0.3) is 0 Å². The quantitative estimate of drug-likeness (QED) is 0.908. The molecule has 1 saturated heterocycles. The van der Waals surface area contributed by atoms with Crippen LogP contribution in [0.4, 0.5) is 0 Å². The summed E-state index contributed by atoms with van der Waals surface area (Å²) in [6.45, 7) is 3.97. The number of hydrogen-bond acceptors (Lipinski definition) is 3. The molecular formula is C15H17BrN4. The fraction of sp³-hybridized carbons (Fsp3) is 0.400. The van der Waals surface area contributed by atoms with Crippen LogP contribution >= 0.6 is 15.9 Å². The molecule has 0 spiro atoms. The molecule has 0 unspecified atom stereocenters. The molecule has 1 atom stereocenters. The van der Waals surface area contributed by atoms with Gasteiger partial charge in [-0.2, -0.15) is 5.26 Å². The highest BCUT2D eigenvalue weighted by molar-refractivity contribution is 9.10. The average Bonchev–Trinajstić information content (AvgIpc) is 2.88. The number of halogens is 1. The molecule has 2 N–H and O–H groups in total. The van der Waals surface area contributed by atoms with Crippen LogP contribution < -0.4 is 5.32 Å². The molecule has 0 saturated carbocycles. The van der Waals surface area contributed by atoms with Crippen LogP contribution in [-0.4, -0.2) is 36.1 Å². The van der Waals surface area contributed by atoms with Gasteiger partial charge in [-0.3, -0.25) is 4.90 Å². The van der Waals surface area contributed by atoms with Gasteiger partial charge in [0.05, 0.1) is 12.5 Å². The van der Waals surface area contributed by atoms with Crippen molar-refractivity contribution < 1.29 is 0 Å². The van der Waals surface area contributed by atoms with Crippen LogP contribution in [0, 0.1) is 11.3 Å². The lowest BCUT2D eigenvalue weighted by Gasteiger charge is -2.33. The minimum Gasteiger partial charge on any atom is -0.361 e. The molecular weight excluding hydrogens is 316 g/mol. The van der Waals surface area contributed by atoms with Gasteiger partial charge in [0, 0.05) is 53.8 Å². The van der Waals surface area contributed by atoms with E-state index < -0.39 is 0 Å². The van der Waals surface area contributed by atoms with Crippen molar-refractivity contribution in [2.75, 3.05) is 26.2 Å². The van der Waals surface area contributed by atoms with E-state index in [0.717, 1.165) is 36.2 Å². The van der Waals surface area contributed by atoms with Gasteiger partial charge < -0.3 is 10.3 Å².